The Morgan fingerprint density at radius 1 is 1.41 bits per heavy atom. The van der Waals surface area contributed by atoms with Crippen LogP contribution in [0.3, 0.4) is 0 Å². The number of amides is 1. The number of aryl methyl sites for hydroxylation is 3. The van der Waals surface area contributed by atoms with E-state index in [1.165, 1.54) is 18.4 Å². The van der Waals surface area contributed by atoms with Crippen molar-refractivity contribution in [1.82, 2.24) is 9.78 Å². The number of carbonyl (C=O) groups excluding carboxylic acids is 2. The molecule has 6 nitrogen and oxygen atoms in total. The summed E-state index contributed by atoms with van der Waals surface area (Å²) < 4.78 is 6.51. The predicted octanol–water partition coefficient (Wildman–Crippen LogP) is 2.32. The van der Waals surface area contributed by atoms with Gasteiger partial charge in [0.1, 0.15) is 5.00 Å². The highest BCUT2D eigenvalue weighted by molar-refractivity contribution is 7.17. The monoisotopic (exact) mass is 319 g/mol. The highest BCUT2D eigenvalue weighted by atomic mass is 32.1. The molecule has 2 aromatic heterocycles. The van der Waals surface area contributed by atoms with Gasteiger partial charge in [-0.25, -0.2) is 4.79 Å². The van der Waals surface area contributed by atoms with Crippen LogP contribution in [-0.2, 0) is 24.6 Å². The van der Waals surface area contributed by atoms with Crippen LogP contribution in [0, 0.1) is 6.92 Å². The van der Waals surface area contributed by atoms with E-state index in [2.05, 4.69) is 10.4 Å². The van der Waals surface area contributed by atoms with Crippen LogP contribution in [0.1, 0.15) is 43.4 Å². The van der Waals surface area contributed by atoms with Gasteiger partial charge in [-0.15, -0.1) is 11.3 Å². The van der Waals surface area contributed by atoms with Crippen LogP contribution in [0.5, 0.6) is 0 Å². The summed E-state index contributed by atoms with van der Waals surface area (Å²) in [5.41, 5.74) is 2.75. The van der Waals surface area contributed by atoms with Crippen LogP contribution in [0.25, 0.3) is 0 Å². The fourth-order valence-electron chi connectivity index (χ4n) is 2.65. The highest BCUT2D eigenvalue weighted by Gasteiger charge is 2.28. The summed E-state index contributed by atoms with van der Waals surface area (Å²) in [5.74, 6) is -0.708. The predicted molar refractivity (Wildman–Crippen MR) is 83.6 cm³/mol. The molecule has 22 heavy (non-hydrogen) atoms. The molecule has 0 bridgehead atoms. The third-order valence-corrected chi connectivity index (χ3v) is 5.09. The molecule has 0 radical (unpaired) electrons. The van der Waals surface area contributed by atoms with Gasteiger partial charge in [0, 0.05) is 17.6 Å². The average molecular weight is 319 g/mol. The fraction of sp³-hybridized carbons (Fsp3) is 0.400. The van der Waals surface area contributed by atoms with Crippen molar-refractivity contribution in [3.63, 3.8) is 0 Å². The number of thiophene rings is 1. The highest BCUT2D eigenvalue weighted by Crippen LogP contribution is 2.39. The van der Waals surface area contributed by atoms with Crippen molar-refractivity contribution in [3.8, 4) is 0 Å². The van der Waals surface area contributed by atoms with Gasteiger partial charge in [-0.05, 0) is 37.8 Å². The van der Waals surface area contributed by atoms with Gasteiger partial charge in [0.05, 0.1) is 12.7 Å². The van der Waals surface area contributed by atoms with Crippen molar-refractivity contribution in [3.05, 3.63) is 33.5 Å². The van der Waals surface area contributed by atoms with E-state index < -0.39 is 5.97 Å². The van der Waals surface area contributed by atoms with Gasteiger partial charge in [0.25, 0.3) is 5.91 Å². The first-order chi connectivity index (χ1) is 10.5. The number of methoxy groups -OCH3 is 1. The molecule has 0 aliphatic heterocycles. The molecule has 7 heteroatoms. The van der Waals surface area contributed by atoms with Gasteiger partial charge in [0.15, 0.2) is 5.69 Å². The third kappa shape index (κ3) is 2.41. The van der Waals surface area contributed by atoms with Crippen molar-refractivity contribution in [2.45, 2.75) is 26.2 Å². The summed E-state index contributed by atoms with van der Waals surface area (Å²) in [6.45, 7) is 1.88. The summed E-state index contributed by atoms with van der Waals surface area (Å²) in [7, 11) is 3.14. The second kappa shape index (κ2) is 5.57. The standard InChI is InChI=1S/C15H17N3O3S/c1-8-7-10(17-18(8)2)13(19)16-14-12(15(20)21-3)9-5-4-6-11(9)22-14/h7H,4-6H2,1-3H3,(H,16,19). The molecule has 2 heterocycles. The van der Waals surface area contributed by atoms with Crippen LogP contribution < -0.4 is 5.32 Å². The Kier molecular flexibility index (Phi) is 3.74. The van der Waals surface area contributed by atoms with Crippen LogP contribution in [0.2, 0.25) is 0 Å². The molecule has 1 N–H and O–H groups in total. The number of nitrogens with one attached hydrogen (secondary N) is 1. The van der Waals surface area contributed by atoms with Gasteiger partial charge in [-0.1, -0.05) is 0 Å². The maximum atomic E-state index is 12.3. The van der Waals surface area contributed by atoms with E-state index in [-0.39, 0.29) is 5.91 Å². The number of nitrogens with zero attached hydrogens (tertiary/aromatic N) is 2. The van der Waals surface area contributed by atoms with Gasteiger partial charge in [-0.3, -0.25) is 9.48 Å². The zero-order chi connectivity index (χ0) is 15.9. The van der Waals surface area contributed by atoms with Crippen molar-refractivity contribution >= 4 is 28.2 Å². The molecule has 1 aliphatic carbocycles. The molecule has 0 atom stereocenters. The molecule has 2 aromatic rings. The van der Waals surface area contributed by atoms with E-state index in [1.54, 1.807) is 17.8 Å². The number of anilines is 1. The summed E-state index contributed by atoms with van der Waals surface area (Å²) >= 11 is 1.46. The minimum absolute atomic E-state index is 0.311. The molecule has 0 unspecified atom stereocenters. The zero-order valence-electron chi connectivity index (χ0n) is 12.7. The number of hydrogen-bond donors (Lipinski definition) is 1. The summed E-state index contributed by atoms with van der Waals surface area (Å²) in [5, 5.41) is 7.53. The normalized spacial score (nSPS) is 13.0. The molecule has 0 saturated carbocycles. The molecular formula is C15H17N3O3S. The number of fused-ring (bicyclic) bond motifs is 1. The maximum Gasteiger partial charge on any atom is 0.341 e. The van der Waals surface area contributed by atoms with Gasteiger partial charge < -0.3 is 10.1 Å². The molecule has 0 spiro atoms. The molecule has 0 fully saturated rings. The Morgan fingerprint density at radius 3 is 2.82 bits per heavy atom. The molecule has 1 aliphatic rings. The maximum absolute atomic E-state index is 12.3. The lowest BCUT2D eigenvalue weighted by molar-refractivity contribution is 0.0601. The first-order valence-corrected chi connectivity index (χ1v) is 7.87. The Hall–Kier alpha value is -2.15. The first-order valence-electron chi connectivity index (χ1n) is 7.06. The van der Waals surface area contributed by atoms with E-state index in [0.717, 1.165) is 35.4 Å². The van der Waals surface area contributed by atoms with Gasteiger partial charge in [-0.2, -0.15) is 5.10 Å². The third-order valence-electron chi connectivity index (χ3n) is 3.88. The van der Waals surface area contributed by atoms with E-state index >= 15 is 0 Å². The molecule has 116 valence electrons. The van der Waals surface area contributed by atoms with Crippen LogP contribution >= 0.6 is 11.3 Å². The van der Waals surface area contributed by atoms with Gasteiger partial charge in [0.2, 0.25) is 0 Å². The lowest BCUT2D eigenvalue weighted by Gasteiger charge is -2.05. The summed E-state index contributed by atoms with van der Waals surface area (Å²) in [6, 6.07) is 1.72. The fourth-order valence-corrected chi connectivity index (χ4v) is 3.92. The number of aromatic nitrogens is 2. The van der Waals surface area contributed by atoms with Crippen molar-refractivity contribution in [2.75, 3.05) is 12.4 Å². The second-order valence-corrected chi connectivity index (χ2v) is 6.41. The minimum atomic E-state index is -0.396. The lowest BCUT2D eigenvalue weighted by Crippen LogP contribution is -2.15. The van der Waals surface area contributed by atoms with Crippen molar-refractivity contribution in [2.24, 2.45) is 7.05 Å². The molecular weight excluding hydrogens is 302 g/mol. The topological polar surface area (TPSA) is 73.2 Å². The smallest absolute Gasteiger partial charge is 0.341 e. The number of hydrogen-bond acceptors (Lipinski definition) is 5. The Balaban J connectivity index is 1.92. The van der Waals surface area contributed by atoms with E-state index in [1.807, 2.05) is 6.92 Å². The SMILES string of the molecule is COC(=O)c1c(NC(=O)c2cc(C)n(C)n2)sc2c1CCC2. The molecule has 0 aromatic carbocycles. The van der Waals surface area contributed by atoms with E-state index in [9.17, 15) is 9.59 Å². The second-order valence-electron chi connectivity index (χ2n) is 5.30. The molecule has 1 amide bonds. The number of ether oxygens (including phenoxy) is 1. The Bertz CT molecular complexity index is 741. The first kappa shape index (κ1) is 14.8. The number of rotatable bonds is 3. The molecule has 3 rings (SSSR count). The largest absolute Gasteiger partial charge is 0.465 e. The Morgan fingerprint density at radius 2 is 2.18 bits per heavy atom. The summed E-state index contributed by atoms with van der Waals surface area (Å²) in [6.07, 6.45) is 2.84. The zero-order valence-corrected chi connectivity index (χ0v) is 13.5. The van der Waals surface area contributed by atoms with Crippen LogP contribution in [0.4, 0.5) is 5.00 Å². The summed E-state index contributed by atoms with van der Waals surface area (Å²) in [4.78, 5) is 25.5. The van der Waals surface area contributed by atoms with Crippen molar-refractivity contribution < 1.29 is 14.3 Å². The van der Waals surface area contributed by atoms with Crippen LogP contribution in [0.15, 0.2) is 6.07 Å². The quantitative estimate of drug-likeness (QED) is 0.881. The van der Waals surface area contributed by atoms with Crippen LogP contribution in [-0.4, -0.2) is 28.8 Å². The number of esters is 1. The van der Waals surface area contributed by atoms with E-state index in [4.69, 9.17) is 4.74 Å². The van der Waals surface area contributed by atoms with Gasteiger partial charge >= 0.3 is 5.97 Å². The average Bonchev–Trinajstić information content (AvgIpc) is 3.14. The number of carbonyl (C=O) groups is 2. The van der Waals surface area contributed by atoms with Crippen molar-refractivity contribution in [1.29, 1.82) is 0 Å². The Labute approximate surface area is 132 Å². The van der Waals surface area contributed by atoms with E-state index in [0.29, 0.717) is 16.3 Å². The minimum Gasteiger partial charge on any atom is -0.465 e. The molecule has 0 saturated heterocycles. The lowest BCUT2D eigenvalue weighted by atomic mass is 10.1.